The normalized spacial score (nSPS) is 25.2. The Kier molecular flexibility index (Phi) is 51.3. The Morgan fingerprint density at radius 3 is 1.05 bits per heavy atom. The lowest BCUT2D eigenvalue weighted by atomic mass is 9.81. The average Bonchev–Trinajstić information content (AvgIpc) is 0.823. The monoisotopic (exact) mass is 1520 g/mol. The maximum Gasteiger partial charge on any atom is 0.220 e. The molecule has 105 heavy (non-hydrogen) atoms. The number of nitrogens with one attached hydrogen (secondary N) is 5. The second kappa shape index (κ2) is 55.8. The van der Waals surface area contributed by atoms with Gasteiger partial charge in [0.25, 0.3) is 0 Å². The van der Waals surface area contributed by atoms with Gasteiger partial charge in [-0.05, 0) is 63.2 Å². The molecule has 14 N–H and O–H groups in total. The van der Waals surface area contributed by atoms with E-state index >= 15 is 0 Å². The molecular formula is C70H127N5O30. The summed E-state index contributed by atoms with van der Waals surface area (Å²) in [5.74, 6) is -2.43. The third kappa shape index (κ3) is 42.9. The van der Waals surface area contributed by atoms with Crippen molar-refractivity contribution in [2.24, 2.45) is 5.41 Å². The van der Waals surface area contributed by atoms with E-state index in [-0.39, 0.29) is 212 Å². The SMILES string of the molecule is CC(C)(C)C.COCCCCC(=O)CCCC(=O)NC(CCCC(=O)NCCOCCOCCOC1OC(CO)C(O)C(O)C1NC(C)=O)(CCC(=O)CCCOCCOCCOC1OC(CO)C(O)C(O)C1NC(C)=O)CCC(=O)CCCOCCOCCOC1OC(CO)C(O)C(O)C1NC(C)=O. The minimum absolute atomic E-state index is 0.00430. The van der Waals surface area contributed by atoms with Crippen molar-refractivity contribution in [1.82, 2.24) is 26.6 Å². The molecule has 3 saturated heterocycles. The quantitative estimate of drug-likeness (QED) is 0.0292. The average molecular weight is 1520 g/mol. The third-order valence-corrected chi connectivity index (χ3v) is 16.6. The summed E-state index contributed by atoms with van der Waals surface area (Å²) in [6, 6.07) is -3.31. The highest BCUT2D eigenvalue weighted by Gasteiger charge is 2.48. The number of ketones is 3. The lowest BCUT2D eigenvalue weighted by Crippen LogP contribution is -2.64. The van der Waals surface area contributed by atoms with Gasteiger partial charge in [-0.1, -0.05) is 27.7 Å². The second-order valence-corrected chi connectivity index (χ2v) is 27.7. The highest BCUT2D eigenvalue weighted by Crippen LogP contribution is 2.30. The van der Waals surface area contributed by atoms with E-state index in [9.17, 15) is 84.3 Å². The Bertz CT molecular complexity index is 2320. The number of rotatable bonds is 58. The van der Waals surface area contributed by atoms with Gasteiger partial charge in [-0.25, -0.2) is 0 Å². The molecule has 3 aliphatic heterocycles. The number of ether oxygens (including phenoxy) is 13. The molecule has 3 aliphatic rings. The van der Waals surface area contributed by atoms with Crippen LogP contribution in [-0.2, 0) is 99.9 Å². The molecule has 612 valence electrons. The van der Waals surface area contributed by atoms with Gasteiger partial charge >= 0.3 is 0 Å². The first kappa shape index (κ1) is 96.6. The van der Waals surface area contributed by atoms with Gasteiger partial charge in [0.1, 0.15) is 90.4 Å². The molecule has 3 rings (SSSR count). The number of unbranched alkanes of at least 4 members (excludes halogenated alkanes) is 1. The van der Waals surface area contributed by atoms with Gasteiger partial charge in [0.05, 0.1) is 106 Å². The number of aliphatic hydroxyl groups is 9. The van der Waals surface area contributed by atoms with Gasteiger partial charge < -0.3 is 134 Å². The van der Waals surface area contributed by atoms with E-state index in [1.165, 1.54) is 20.8 Å². The lowest BCUT2D eigenvalue weighted by Gasteiger charge is -2.42. The number of Topliss-reactive ketones (excluding diaryl/α,β-unsaturated/α-hetero) is 3. The van der Waals surface area contributed by atoms with Crippen LogP contribution in [0.4, 0.5) is 0 Å². The summed E-state index contributed by atoms with van der Waals surface area (Å²) < 4.78 is 72.4. The van der Waals surface area contributed by atoms with Crippen molar-refractivity contribution in [3.8, 4) is 0 Å². The smallest absolute Gasteiger partial charge is 0.220 e. The molecule has 5 amide bonds. The fraction of sp³-hybridized carbons (Fsp3) is 0.886. The fourth-order valence-corrected chi connectivity index (χ4v) is 11.2. The zero-order valence-corrected chi connectivity index (χ0v) is 62.9. The van der Waals surface area contributed by atoms with Crippen LogP contribution in [0.1, 0.15) is 158 Å². The largest absolute Gasteiger partial charge is 0.394 e. The Morgan fingerprint density at radius 2 is 0.686 bits per heavy atom. The van der Waals surface area contributed by atoms with E-state index in [2.05, 4.69) is 54.3 Å². The molecule has 15 unspecified atom stereocenters. The van der Waals surface area contributed by atoms with Gasteiger partial charge in [0.15, 0.2) is 18.9 Å². The topological polar surface area (TPSA) is 499 Å². The summed E-state index contributed by atoms with van der Waals surface area (Å²) in [7, 11) is 1.58. The minimum atomic E-state index is -1.46. The van der Waals surface area contributed by atoms with Crippen molar-refractivity contribution in [1.29, 1.82) is 0 Å². The highest BCUT2D eigenvalue weighted by molar-refractivity contribution is 5.82. The molecule has 3 heterocycles. The zero-order valence-electron chi connectivity index (χ0n) is 62.9. The van der Waals surface area contributed by atoms with Gasteiger partial charge in [-0.2, -0.15) is 0 Å². The number of carbonyl (C=O) groups excluding carboxylic acids is 8. The summed E-state index contributed by atoms with van der Waals surface area (Å²) >= 11 is 0. The van der Waals surface area contributed by atoms with E-state index in [0.29, 0.717) is 37.7 Å². The molecule has 0 aromatic rings. The Morgan fingerprint density at radius 1 is 0.362 bits per heavy atom. The van der Waals surface area contributed by atoms with E-state index in [0.717, 1.165) is 6.42 Å². The van der Waals surface area contributed by atoms with Crippen LogP contribution in [0.15, 0.2) is 0 Å². The van der Waals surface area contributed by atoms with Crippen molar-refractivity contribution in [3.63, 3.8) is 0 Å². The van der Waals surface area contributed by atoms with Gasteiger partial charge in [0.2, 0.25) is 29.5 Å². The maximum absolute atomic E-state index is 13.9. The van der Waals surface area contributed by atoms with Crippen molar-refractivity contribution in [2.75, 3.05) is 139 Å². The van der Waals surface area contributed by atoms with E-state index in [4.69, 9.17) is 61.6 Å². The van der Waals surface area contributed by atoms with Crippen molar-refractivity contribution >= 4 is 46.9 Å². The number of amides is 5. The first-order valence-corrected chi connectivity index (χ1v) is 36.6. The molecule has 0 aromatic heterocycles. The first-order chi connectivity index (χ1) is 50.0. The molecule has 35 heteroatoms. The van der Waals surface area contributed by atoms with Crippen LogP contribution in [0.25, 0.3) is 0 Å². The molecule has 0 bridgehead atoms. The number of carbonyl (C=O) groups is 8. The molecule has 0 aliphatic carbocycles. The van der Waals surface area contributed by atoms with Crippen LogP contribution >= 0.6 is 0 Å². The standard InChI is InChI=1S/C65H115N5O30.C5H12/c1-42(74)67-53-59(85)56(82)48(39-71)98-62(53)95-36-33-92-30-27-89-24-9-13-46(78)17-20-65(70-52(81)15-7-12-45(77)11-5-6-23-88-4,21-18-47(79)14-10-25-90-28-31-93-34-37-96-63-54(68-43(2)75)60(86)57(83)49(40-72)99-63)19-8-16-51(80)66-22-26-91-29-32-94-35-38-97-64-55(69-44(3)76)61(87)58(84)50(41-73)100-64;1-5(2,3)4/h48-50,53-64,71-73,82-87H,5-41H2,1-4H3,(H,66,80)(H,67,74)(H,68,75)(H,69,76)(H,70,81);1-4H3. The predicted molar refractivity (Wildman–Crippen MR) is 373 cm³/mol. The Labute approximate surface area is 617 Å². The van der Waals surface area contributed by atoms with Crippen LogP contribution < -0.4 is 26.6 Å². The molecular weight excluding hydrogens is 1390 g/mol. The lowest BCUT2D eigenvalue weighted by molar-refractivity contribution is -0.272. The Hall–Kier alpha value is -4.52. The van der Waals surface area contributed by atoms with Gasteiger partial charge in [-0.3, -0.25) is 38.4 Å². The summed E-state index contributed by atoms with van der Waals surface area (Å²) in [5.41, 5.74) is -0.622. The third-order valence-electron chi connectivity index (χ3n) is 16.6. The summed E-state index contributed by atoms with van der Waals surface area (Å²) in [6.45, 7) is 12.9. The van der Waals surface area contributed by atoms with Crippen molar-refractivity contribution < 1.29 is 146 Å². The highest BCUT2D eigenvalue weighted by atomic mass is 16.7. The predicted octanol–water partition coefficient (Wildman–Crippen LogP) is -2.02. The van der Waals surface area contributed by atoms with Crippen molar-refractivity contribution in [2.45, 2.75) is 255 Å². The van der Waals surface area contributed by atoms with Crippen LogP contribution in [0.5, 0.6) is 0 Å². The van der Waals surface area contributed by atoms with Crippen LogP contribution in [0.3, 0.4) is 0 Å². The molecule has 0 saturated carbocycles. The molecule has 0 spiro atoms. The van der Waals surface area contributed by atoms with E-state index < -0.39 is 135 Å². The number of hydrogen-bond acceptors (Lipinski definition) is 30. The molecule has 0 aromatic carbocycles. The number of aliphatic hydroxyl groups excluding tert-OH is 9. The molecule has 15 atom stereocenters. The molecule has 3 fully saturated rings. The summed E-state index contributed by atoms with van der Waals surface area (Å²) in [5, 5.41) is 104. The minimum Gasteiger partial charge on any atom is -0.394 e. The molecule has 0 radical (unpaired) electrons. The van der Waals surface area contributed by atoms with Crippen LogP contribution in [-0.4, -0.2) is 329 Å². The van der Waals surface area contributed by atoms with Crippen LogP contribution in [0.2, 0.25) is 0 Å². The van der Waals surface area contributed by atoms with Crippen molar-refractivity contribution in [3.05, 3.63) is 0 Å². The second-order valence-electron chi connectivity index (χ2n) is 27.7. The maximum atomic E-state index is 13.9. The number of methoxy groups -OCH3 is 1. The van der Waals surface area contributed by atoms with Crippen LogP contribution in [0, 0.1) is 5.41 Å². The Balaban J connectivity index is 0.00000722. The van der Waals surface area contributed by atoms with Gasteiger partial charge in [-0.15, -0.1) is 0 Å². The molecule has 35 nitrogen and oxygen atoms in total. The first-order valence-electron chi connectivity index (χ1n) is 36.6. The van der Waals surface area contributed by atoms with Gasteiger partial charge in [0, 0.05) is 111 Å². The summed E-state index contributed by atoms with van der Waals surface area (Å²) in [4.78, 5) is 102. The summed E-state index contributed by atoms with van der Waals surface area (Å²) in [6.07, 6.45) is -11.8. The van der Waals surface area contributed by atoms with E-state index in [1.54, 1.807) is 7.11 Å². The zero-order chi connectivity index (χ0) is 78.2. The number of hydrogen-bond donors (Lipinski definition) is 14. The van der Waals surface area contributed by atoms with E-state index in [1.807, 2.05) is 0 Å². The fourth-order valence-electron chi connectivity index (χ4n) is 11.2.